The Bertz CT molecular complexity index is 713. The van der Waals surface area contributed by atoms with Crippen LogP contribution in [0, 0.1) is 13.8 Å². The van der Waals surface area contributed by atoms with Gasteiger partial charge in [0.25, 0.3) is 5.91 Å². The van der Waals surface area contributed by atoms with Gasteiger partial charge in [-0.3, -0.25) is 4.79 Å². The summed E-state index contributed by atoms with van der Waals surface area (Å²) in [6, 6.07) is 8.87. The molecule has 0 saturated heterocycles. The molecule has 116 valence electrons. The molecule has 4 nitrogen and oxygen atoms in total. The standard InChI is InChI=1S/C17H18ClNO3/c1-10-6-5-7-12(11(10)2)17(20)19-14-8-13(18)15(21-3)9-16(14)22-4/h5-9H,1-4H3,(H,19,20). The zero-order valence-electron chi connectivity index (χ0n) is 13.0. The third-order valence-corrected chi connectivity index (χ3v) is 3.87. The minimum Gasteiger partial charge on any atom is -0.495 e. The highest BCUT2D eigenvalue weighted by Crippen LogP contribution is 2.36. The number of benzene rings is 2. The van der Waals surface area contributed by atoms with Gasteiger partial charge in [0.2, 0.25) is 0 Å². The summed E-state index contributed by atoms with van der Waals surface area (Å²) in [6.07, 6.45) is 0. The SMILES string of the molecule is COc1cc(OC)c(NC(=O)c2cccc(C)c2C)cc1Cl. The molecule has 0 heterocycles. The van der Waals surface area contributed by atoms with Crippen LogP contribution in [-0.2, 0) is 0 Å². The molecule has 0 aromatic heterocycles. The van der Waals surface area contributed by atoms with Crippen LogP contribution in [0.3, 0.4) is 0 Å². The van der Waals surface area contributed by atoms with E-state index in [1.54, 1.807) is 18.2 Å². The quantitative estimate of drug-likeness (QED) is 0.917. The van der Waals surface area contributed by atoms with Crippen LogP contribution in [0.25, 0.3) is 0 Å². The molecule has 2 rings (SSSR count). The maximum Gasteiger partial charge on any atom is 0.256 e. The van der Waals surface area contributed by atoms with E-state index in [-0.39, 0.29) is 5.91 Å². The minimum atomic E-state index is -0.208. The summed E-state index contributed by atoms with van der Waals surface area (Å²) in [6.45, 7) is 3.89. The van der Waals surface area contributed by atoms with Crippen LogP contribution >= 0.6 is 11.6 Å². The third kappa shape index (κ3) is 3.17. The Morgan fingerprint density at radius 1 is 1.09 bits per heavy atom. The topological polar surface area (TPSA) is 47.6 Å². The van der Waals surface area contributed by atoms with E-state index in [0.29, 0.717) is 27.8 Å². The summed E-state index contributed by atoms with van der Waals surface area (Å²) in [5, 5.41) is 3.24. The van der Waals surface area contributed by atoms with Crippen molar-refractivity contribution in [2.45, 2.75) is 13.8 Å². The number of rotatable bonds is 4. The lowest BCUT2D eigenvalue weighted by atomic mass is 10.0. The molecule has 0 aliphatic heterocycles. The van der Waals surface area contributed by atoms with Gasteiger partial charge >= 0.3 is 0 Å². The second kappa shape index (κ2) is 6.71. The van der Waals surface area contributed by atoms with Crippen LogP contribution < -0.4 is 14.8 Å². The fraction of sp³-hybridized carbons (Fsp3) is 0.235. The summed E-state index contributed by atoms with van der Waals surface area (Å²) >= 11 is 6.11. The Morgan fingerprint density at radius 2 is 1.77 bits per heavy atom. The number of methoxy groups -OCH3 is 2. The number of carbonyl (C=O) groups excluding carboxylic acids is 1. The van der Waals surface area contributed by atoms with E-state index in [4.69, 9.17) is 21.1 Å². The van der Waals surface area contributed by atoms with Gasteiger partial charge in [0.15, 0.2) is 0 Å². The second-order valence-corrected chi connectivity index (χ2v) is 5.30. The third-order valence-electron chi connectivity index (χ3n) is 3.57. The summed E-state index contributed by atoms with van der Waals surface area (Å²) in [4.78, 5) is 12.5. The second-order valence-electron chi connectivity index (χ2n) is 4.89. The predicted octanol–water partition coefficient (Wildman–Crippen LogP) is 4.23. The molecule has 0 radical (unpaired) electrons. The minimum absolute atomic E-state index is 0.208. The number of anilines is 1. The highest BCUT2D eigenvalue weighted by Gasteiger charge is 2.15. The number of hydrogen-bond donors (Lipinski definition) is 1. The first-order valence-corrected chi connectivity index (χ1v) is 7.14. The molecule has 0 aliphatic rings. The number of nitrogens with one attached hydrogen (secondary N) is 1. The summed E-state index contributed by atoms with van der Waals surface area (Å²) in [5.41, 5.74) is 3.12. The van der Waals surface area contributed by atoms with Gasteiger partial charge in [0, 0.05) is 11.6 Å². The molecule has 2 aromatic carbocycles. The molecule has 0 fully saturated rings. The average molecular weight is 320 g/mol. The highest BCUT2D eigenvalue weighted by molar-refractivity contribution is 6.32. The Hall–Kier alpha value is -2.20. The first-order chi connectivity index (χ1) is 10.5. The molecular formula is C17H18ClNO3. The van der Waals surface area contributed by atoms with Crippen molar-refractivity contribution in [2.24, 2.45) is 0 Å². The summed E-state index contributed by atoms with van der Waals surface area (Å²) < 4.78 is 10.4. The van der Waals surface area contributed by atoms with Crippen molar-refractivity contribution in [3.63, 3.8) is 0 Å². The molecule has 1 amide bonds. The Morgan fingerprint density at radius 3 is 2.41 bits per heavy atom. The van der Waals surface area contributed by atoms with Gasteiger partial charge in [-0.2, -0.15) is 0 Å². The largest absolute Gasteiger partial charge is 0.495 e. The van der Waals surface area contributed by atoms with Crippen molar-refractivity contribution < 1.29 is 14.3 Å². The molecule has 1 N–H and O–H groups in total. The van der Waals surface area contributed by atoms with Crippen LogP contribution in [0.15, 0.2) is 30.3 Å². The van der Waals surface area contributed by atoms with E-state index in [1.807, 2.05) is 26.0 Å². The van der Waals surface area contributed by atoms with Crippen LogP contribution in [0.1, 0.15) is 21.5 Å². The van der Waals surface area contributed by atoms with Gasteiger partial charge in [-0.15, -0.1) is 0 Å². The maximum atomic E-state index is 12.5. The number of carbonyl (C=O) groups is 1. The van der Waals surface area contributed by atoms with Crippen molar-refractivity contribution in [1.82, 2.24) is 0 Å². The molecule has 0 unspecified atom stereocenters. The first kappa shape index (κ1) is 16.2. The Balaban J connectivity index is 2.36. The molecule has 0 bridgehead atoms. The van der Waals surface area contributed by atoms with E-state index in [0.717, 1.165) is 11.1 Å². The van der Waals surface area contributed by atoms with Gasteiger partial charge < -0.3 is 14.8 Å². The van der Waals surface area contributed by atoms with Crippen LogP contribution in [-0.4, -0.2) is 20.1 Å². The van der Waals surface area contributed by atoms with Gasteiger partial charge in [-0.25, -0.2) is 0 Å². The van der Waals surface area contributed by atoms with E-state index >= 15 is 0 Å². The zero-order chi connectivity index (χ0) is 16.3. The fourth-order valence-corrected chi connectivity index (χ4v) is 2.39. The van der Waals surface area contributed by atoms with Crippen molar-refractivity contribution in [3.05, 3.63) is 52.0 Å². The smallest absolute Gasteiger partial charge is 0.256 e. The maximum absolute atomic E-state index is 12.5. The molecule has 0 spiro atoms. The van der Waals surface area contributed by atoms with Crippen LogP contribution in [0.4, 0.5) is 5.69 Å². The highest BCUT2D eigenvalue weighted by atomic mass is 35.5. The van der Waals surface area contributed by atoms with E-state index < -0.39 is 0 Å². The molecule has 0 saturated carbocycles. The van der Waals surface area contributed by atoms with E-state index in [9.17, 15) is 4.79 Å². The average Bonchev–Trinajstić information content (AvgIpc) is 2.50. The van der Waals surface area contributed by atoms with Gasteiger partial charge in [-0.05, 0) is 37.1 Å². The van der Waals surface area contributed by atoms with Crippen molar-refractivity contribution in [1.29, 1.82) is 0 Å². The number of amides is 1. The number of aryl methyl sites for hydroxylation is 1. The van der Waals surface area contributed by atoms with Crippen molar-refractivity contribution in [3.8, 4) is 11.5 Å². The lowest BCUT2D eigenvalue weighted by molar-refractivity contribution is 0.102. The van der Waals surface area contributed by atoms with Crippen LogP contribution in [0.5, 0.6) is 11.5 Å². The lowest BCUT2D eigenvalue weighted by Gasteiger charge is -2.14. The lowest BCUT2D eigenvalue weighted by Crippen LogP contribution is -2.14. The van der Waals surface area contributed by atoms with Gasteiger partial charge in [-0.1, -0.05) is 23.7 Å². The number of hydrogen-bond acceptors (Lipinski definition) is 3. The van der Waals surface area contributed by atoms with Gasteiger partial charge in [0.05, 0.1) is 24.9 Å². The fourth-order valence-electron chi connectivity index (χ4n) is 2.14. The summed E-state index contributed by atoms with van der Waals surface area (Å²) in [5.74, 6) is 0.767. The van der Waals surface area contributed by atoms with Crippen LogP contribution in [0.2, 0.25) is 5.02 Å². The van der Waals surface area contributed by atoms with E-state index in [1.165, 1.54) is 14.2 Å². The Kier molecular flexibility index (Phi) is 4.93. The molecule has 5 heteroatoms. The molecule has 0 aliphatic carbocycles. The monoisotopic (exact) mass is 319 g/mol. The van der Waals surface area contributed by atoms with Crippen molar-refractivity contribution in [2.75, 3.05) is 19.5 Å². The normalized spacial score (nSPS) is 10.2. The molecule has 22 heavy (non-hydrogen) atoms. The molecule has 2 aromatic rings. The Labute approximate surface area is 135 Å². The van der Waals surface area contributed by atoms with E-state index in [2.05, 4.69) is 5.32 Å². The number of ether oxygens (including phenoxy) is 2. The van der Waals surface area contributed by atoms with Gasteiger partial charge in [0.1, 0.15) is 11.5 Å². The zero-order valence-corrected chi connectivity index (χ0v) is 13.7. The first-order valence-electron chi connectivity index (χ1n) is 6.77. The number of halogens is 1. The van der Waals surface area contributed by atoms with Crippen molar-refractivity contribution >= 4 is 23.2 Å². The summed E-state index contributed by atoms with van der Waals surface area (Å²) in [7, 11) is 3.05. The predicted molar refractivity (Wildman–Crippen MR) is 88.4 cm³/mol. The molecule has 0 atom stereocenters. The molecular weight excluding hydrogens is 302 g/mol.